The van der Waals surface area contributed by atoms with Crippen LogP contribution >= 0.6 is 23.1 Å². The standard InChI is InChI=1S/C18H22N2OS2/c1-13-7-5-6-10-15(13)19-17(21)12-23-18-20-16(11-22-18)14-8-3-2-4-9-14/h2-4,8-9,11,13,15H,5-7,10,12H2,1H3,(H,19,21)/t13-,15+/m0/s1. The van der Waals surface area contributed by atoms with Crippen LogP contribution in [0.5, 0.6) is 0 Å². The van der Waals surface area contributed by atoms with Gasteiger partial charge in [-0.25, -0.2) is 4.98 Å². The van der Waals surface area contributed by atoms with Gasteiger partial charge in [-0.3, -0.25) is 4.79 Å². The Kier molecular flexibility index (Phi) is 5.73. The third kappa shape index (κ3) is 4.58. The van der Waals surface area contributed by atoms with E-state index in [1.54, 1.807) is 11.3 Å². The van der Waals surface area contributed by atoms with Crippen LogP contribution in [-0.2, 0) is 4.79 Å². The second-order valence-corrected chi connectivity index (χ2v) is 8.17. The molecule has 1 fully saturated rings. The monoisotopic (exact) mass is 346 g/mol. The Labute approximate surface area is 145 Å². The van der Waals surface area contributed by atoms with Crippen LogP contribution in [0.1, 0.15) is 32.6 Å². The van der Waals surface area contributed by atoms with E-state index in [9.17, 15) is 4.79 Å². The van der Waals surface area contributed by atoms with Crippen molar-refractivity contribution in [3.05, 3.63) is 35.7 Å². The van der Waals surface area contributed by atoms with E-state index < -0.39 is 0 Å². The summed E-state index contributed by atoms with van der Waals surface area (Å²) in [5, 5.41) is 5.25. The van der Waals surface area contributed by atoms with Crippen molar-refractivity contribution in [1.82, 2.24) is 10.3 Å². The predicted molar refractivity (Wildman–Crippen MR) is 97.8 cm³/mol. The molecule has 1 aliphatic carbocycles. The largest absolute Gasteiger partial charge is 0.352 e. The normalized spacial score (nSPS) is 21.1. The number of thioether (sulfide) groups is 1. The Morgan fingerprint density at radius 2 is 2.09 bits per heavy atom. The van der Waals surface area contributed by atoms with Crippen molar-refractivity contribution in [2.24, 2.45) is 5.92 Å². The van der Waals surface area contributed by atoms with Crippen LogP contribution in [0.25, 0.3) is 11.3 Å². The van der Waals surface area contributed by atoms with Gasteiger partial charge in [-0.1, -0.05) is 61.9 Å². The molecule has 2 atom stereocenters. The van der Waals surface area contributed by atoms with Gasteiger partial charge in [0.25, 0.3) is 0 Å². The number of thiazole rings is 1. The molecule has 1 amide bonds. The summed E-state index contributed by atoms with van der Waals surface area (Å²) in [5.74, 6) is 1.18. The average Bonchev–Trinajstić information content (AvgIpc) is 3.05. The first-order valence-corrected chi connectivity index (χ1v) is 10.0. The Balaban J connectivity index is 1.50. The molecule has 0 radical (unpaired) electrons. The summed E-state index contributed by atoms with van der Waals surface area (Å²) < 4.78 is 0.954. The summed E-state index contributed by atoms with van der Waals surface area (Å²) in [7, 11) is 0. The lowest BCUT2D eigenvalue weighted by molar-refractivity contribution is -0.119. The summed E-state index contributed by atoms with van der Waals surface area (Å²) in [5.41, 5.74) is 2.11. The van der Waals surface area contributed by atoms with E-state index in [1.165, 1.54) is 31.0 Å². The van der Waals surface area contributed by atoms with Gasteiger partial charge in [-0.05, 0) is 18.8 Å². The van der Waals surface area contributed by atoms with Crippen LogP contribution in [0.15, 0.2) is 40.1 Å². The highest BCUT2D eigenvalue weighted by atomic mass is 32.2. The summed E-state index contributed by atoms with van der Waals surface area (Å²) in [6.45, 7) is 2.24. The number of hydrogen-bond acceptors (Lipinski definition) is 4. The Hall–Kier alpha value is -1.33. The van der Waals surface area contributed by atoms with Crippen LogP contribution in [-0.4, -0.2) is 22.7 Å². The van der Waals surface area contributed by atoms with E-state index >= 15 is 0 Å². The fourth-order valence-corrected chi connectivity index (χ4v) is 4.62. The second kappa shape index (κ2) is 7.97. The van der Waals surface area contributed by atoms with E-state index in [4.69, 9.17) is 0 Å². The molecule has 1 N–H and O–H groups in total. The van der Waals surface area contributed by atoms with Crippen molar-refractivity contribution in [3.63, 3.8) is 0 Å². The van der Waals surface area contributed by atoms with E-state index in [2.05, 4.69) is 34.7 Å². The van der Waals surface area contributed by atoms with E-state index in [0.29, 0.717) is 17.7 Å². The van der Waals surface area contributed by atoms with E-state index in [0.717, 1.165) is 22.0 Å². The molecule has 0 spiro atoms. The van der Waals surface area contributed by atoms with Crippen LogP contribution in [0, 0.1) is 5.92 Å². The van der Waals surface area contributed by atoms with Gasteiger partial charge in [0.2, 0.25) is 5.91 Å². The molecule has 1 aliphatic rings. The molecule has 1 aromatic carbocycles. The minimum Gasteiger partial charge on any atom is -0.352 e. The molecule has 0 unspecified atom stereocenters. The molecule has 122 valence electrons. The van der Waals surface area contributed by atoms with Gasteiger partial charge >= 0.3 is 0 Å². The van der Waals surface area contributed by atoms with Crippen molar-refractivity contribution < 1.29 is 4.79 Å². The predicted octanol–water partition coefficient (Wildman–Crippen LogP) is 4.60. The van der Waals surface area contributed by atoms with Gasteiger partial charge in [0.15, 0.2) is 4.34 Å². The van der Waals surface area contributed by atoms with Crippen molar-refractivity contribution in [2.75, 3.05) is 5.75 Å². The summed E-state index contributed by atoms with van der Waals surface area (Å²) in [6.07, 6.45) is 4.87. The number of benzene rings is 1. The highest BCUT2D eigenvalue weighted by molar-refractivity contribution is 8.01. The average molecular weight is 347 g/mol. The van der Waals surface area contributed by atoms with Gasteiger partial charge in [0.05, 0.1) is 11.4 Å². The van der Waals surface area contributed by atoms with Gasteiger partial charge in [0.1, 0.15) is 0 Å². The molecule has 3 rings (SSSR count). The van der Waals surface area contributed by atoms with Crippen molar-refractivity contribution >= 4 is 29.0 Å². The third-order valence-corrected chi connectivity index (χ3v) is 6.36. The molecule has 2 aromatic rings. The summed E-state index contributed by atoms with van der Waals surface area (Å²) in [4.78, 5) is 16.8. The SMILES string of the molecule is C[C@H]1CCCC[C@H]1NC(=O)CSc1nc(-c2ccccc2)cs1. The lowest BCUT2D eigenvalue weighted by Gasteiger charge is -2.29. The molecule has 0 saturated heterocycles. The van der Waals surface area contributed by atoms with Crippen LogP contribution in [0.4, 0.5) is 0 Å². The van der Waals surface area contributed by atoms with Gasteiger partial charge < -0.3 is 5.32 Å². The summed E-state index contributed by atoms with van der Waals surface area (Å²) in [6, 6.07) is 10.5. The Morgan fingerprint density at radius 1 is 1.30 bits per heavy atom. The Bertz CT molecular complexity index is 641. The number of hydrogen-bond donors (Lipinski definition) is 1. The maximum absolute atomic E-state index is 12.2. The number of amides is 1. The second-order valence-electron chi connectivity index (χ2n) is 6.09. The third-order valence-electron chi connectivity index (χ3n) is 4.34. The zero-order valence-electron chi connectivity index (χ0n) is 13.3. The van der Waals surface area contributed by atoms with Crippen molar-refractivity contribution in [2.45, 2.75) is 43.0 Å². The number of nitrogens with zero attached hydrogens (tertiary/aromatic N) is 1. The number of nitrogens with one attached hydrogen (secondary N) is 1. The number of carbonyl (C=O) groups excluding carboxylic acids is 1. The lowest BCUT2D eigenvalue weighted by atomic mass is 9.86. The quantitative estimate of drug-likeness (QED) is 0.805. The molecular weight excluding hydrogens is 324 g/mol. The zero-order valence-corrected chi connectivity index (χ0v) is 15.0. The molecule has 1 heterocycles. The Morgan fingerprint density at radius 3 is 2.87 bits per heavy atom. The molecule has 1 aromatic heterocycles. The molecule has 23 heavy (non-hydrogen) atoms. The van der Waals surface area contributed by atoms with Crippen LogP contribution in [0.3, 0.4) is 0 Å². The number of aromatic nitrogens is 1. The molecule has 3 nitrogen and oxygen atoms in total. The highest BCUT2D eigenvalue weighted by Gasteiger charge is 2.22. The lowest BCUT2D eigenvalue weighted by Crippen LogP contribution is -2.41. The molecule has 1 saturated carbocycles. The zero-order chi connectivity index (χ0) is 16.1. The first kappa shape index (κ1) is 16.5. The first-order valence-electron chi connectivity index (χ1n) is 8.15. The van der Waals surface area contributed by atoms with Crippen molar-refractivity contribution in [1.29, 1.82) is 0 Å². The van der Waals surface area contributed by atoms with Crippen molar-refractivity contribution in [3.8, 4) is 11.3 Å². The smallest absolute Gasteiger partial charge is 0.230 e. The fourth-order valence-electron chi connectivity index (χ4n) is 2.97. The number of rotatable bonds is 5. The first-order chi connectivity index (χ1) is 11.2. The van der Waals surface area contributed by atoms with E-state index in [1.807, 2.05) is 18.2 Å². The molecule has 5 heteroatoms. The van der Waals surface area contributed by atoms with Crippen LogP contribution in [0.2, 0.25) is 0 Å². The minimum atomic E-state index is 0.130. The maximum Gasteiger partial charge on any atom is 0.230 e. The molecular formula is C18H22N2OS2. The number of carbonyl (C=O) groups is 1. The molecule has 0 aliphatic heterocycles. The van der Waals surface area contributed by atoms with Gasteiger partial charge in [0, 0.05) is 17.0 Å². The highest BCUT2D eigenvalue weighted by Crippen LogP contribution is 2.28. The maximum atomic E-state index is 12.2. The minimum absolute atomic E-state index is 0.130. The summed E-state index contributed by atoms with van der Waals surface area (Å²) >= 11 is 3.13. The van der Waals surface area contributed by atoms with Gasteiger partial charge in [-0.15, -0.1) is 11.3 Å². The molecule has 0 bridgehead atoms. The fraction of sp³-hybridized carbons (Fsp3) is 0.444. The topological polar surface area (TPSA) is 42.0 Å². The van der Waals surface area contributed by atoms with E-state index in [-0.39, 0.29) is 5.91 Å². The van der Waals surface area contributed by atoms with Gasteiger partial charge in [-0.2, -0.15) is 0 Å². The van der Waals surface area contributed by atoms with Crippen LogP contribution < -0.4 is 5.32 Å².